The Bertz CT molecular complexity index is 777. The second-order valence-corrected chi connectivity index (χ2v) is 7.64. The third-order valence-electron chi connectivity index (χ3n) is 4.40. The van der Waals surface area contributed by atoms with Gasteiger partial charge >= 0.3 is 0 Å². The van der Waals surface area contributed by atoms with Crippen molar-refractivity contribution in [1.29, 1.82) is 0 Å². The smallest absolute Gasteiger partial charge is 0.254 e. The first-order valence-corrected chi connectivity index (χ1v) is 10.0. The average molecular weight is 389 g/mol. The van der Waals surface area contributed by atoms with E-state index in [1.54, 1.807) is 16.7 Å². The van der Waals surface area contributed by atoms with Gasteiger partial charge in [0.1, 0.15) is 6.04 Å². The molecule has 1 unspecified atom stereocenters. The second kappa shape index (κ2) is 8.60. The predicted octanol–water partition coefficient (Wildman–Crippen LogP) is 3.98. The Hall–Kier alpha value is -1.98. The molecule has 1 saturated heterocycles. The maximum Gasteiger partial charge on any atom is 0.254 e. The minimum absolute atomic E-state index is 0.0666. The van der Waals surface area contributed by atoms with Crippen molar-refractivity contribution in [2.75, 3.05) is 13.1 Å². The Labute approximate surface area is 162 Å². The van der Waals surface area contributed by atoms with Crippen molar-refractivity contribution in [3.63, 3.8) is 0 Å². The number of nitrogens with one attached hydrogen (secondary N) is 1. The van der Waals surface area contributed by atoms with Crippen molar-refractivity contribution in [1.82, 2.24) is 10.2 Å². The molecule has 1 N–H and O–H groups in total. The van der Waals surface area contributed by atoms with Gasteiger partial charge in [0.05, 0.1) is 0 Å². The van der Waals surface area contributed by atoms with Gasteiger partial charge in [0, 0.05) is 34.3 Å². The fourth-order valence-corrected chi connectivity index (χ4v) is 3.95. The lowest BCUT2D eigenvalue weighted by Gasteiger charge is -2.34. The molecule has 1 atom stereocenters. The third-order valence-corrected chi connectivity index (χ3v) is 5.73. The zero-order valence-electron chi connectivity index (χ0n) is 14.6. The van der Waals surface area contributed by atoms with Crippen LogP contribution in [-0.4, -0.2) is 35.8 Å². The Morgan fingerprint density at radius 2 is 1.88 bits per heavy atom. The molecule has 1 aliphatic rings. The molecule has 2 amide bonds. The van der Waals surface area contributed by atoms with Crippen LogP contribution in [0.2, 0.25) is 5.02 Å². The van der Waals surface area contributed by atoms with Crippen molar-refractivity contribution < 1.29 is 9.59 Å². The van der Waals surface area contributed by atoms with Gasteiger partial charge in [-0.1, -0.05) is 30.7 Å². The molecule has 1 heterocycles. The number of carbonyl (C=O) groups is 2. The summed E-state index contributed by atoms with van der Waals surface area (Å²) in [5.41, 5.74) is 1.77. The first-order chi connectivity index (χ1) is 12.6. The number of hydrogen-bond donors (Lipinski definition) is 1. The lowest BCUT2D eigenvalue weighted by atomic mass is 10.1. The molecule has 0 aliphatic carbocycles. The van der Waals surface area contributed by atoms with E-state index >= 15 is 0 Å². The van der Waals surface area contributed by atoms with E-state index in [1.165, 1.54) is 0 Å². The van der Waals surface area contributed by atoms with E-state index in [1.807, 2.05) is 55.5 Å². The number of thioether (sulfide) groups is 1. The highest BCUT2D eigenvalue weighted by Crippen LogP contribution is 2.24. The van der Waals surface area contributed by atoms with Crippen molar-refractivity contribution in [3.8, 4) is 0 Å². The monoisotopic (exact) mass is 388 g/mol. The van der Waals surface area contributed by atoms with Crippen molar-refractivity contribution >= 4 is 35.2 Å². The van der Waals surface area contributed by atoms with Crippen molar-refractivity contribution in [3.05, 3.63) is 64.7 Å². The number of benzene rings is 2. The molecule has 0 spiro atoms. The van der Waals surface area contributed by atoms with Gasteiger partial charge < -0.3 is 10.2 Å². The summed E-state index contributed by atoms with van der Waals surface area (Å²) >= 11 is 7.62. The molecule has 26 heavy (non-hydrogen) atoms. The summed E-state index contributed by atoms with van der Waals surface area (Å²) in [4.78, 5) is 27.5. The third kappa shape index (κ3) is 4.40. The summed E-state index contributed by atoms with van der Waals surface area (Å²) in [5, 5.41) is 3.55. The minimum atomic E-state index is -0.378. The number of halogens is 1. The van der Waals surface area contributed by atoms with Crippen LogP contribution in [0.25, 0.3) is 0 Å². The maximum absolute atomic E-state index is 12.8. The zero-order chi connectivity index (χ0) is 18.5. The number of carbonyl (C=O) groups excluding carboxylic acids is 2. The number of amides is 2. The van der Waals surface area contributed by atoms with Crippen LogP contribution in [-0.2, 0) is 10.5 Å². The minimum Gasteiger partial charge on any atom is -0.353 e. The van der Waals surface area contributed by atoms with Gasteiger partial charge in [-0.05, 0) is 48.4 Å². The van der Waals surface area contributed by atoms with Gasteiger partial charge in [0.15, 0.2) is 0 Å². The number of nitrogens with zero attached hydrogens (tertiary/aromatic N) is 1. The van der Waals surface area contributed by atoms with Gasteiger partial charge in [0.2, 0.25) is 5.91 Å². The molecule has 1 fully saturated rings. The number of piperazine rings is 1. The summed E-state index contributed by atoms with van der Waals surface area (Å²) < 4.78 is 0. The SMILES string of the molecule is CCC1C(=O)NCCN1C(=O)c1ccc(CSc2ccc(Cl)cc2)cc1. The molecule has 0 bridgehead atoms. The first-order valence-electron chi connectivity index (χ1n) is 8.64. The van der Waals surface area contributed by atoms with Gasteiger partial charge in [-0.3, -0.25) is 9.59 Å². The highest BCUT2D eigenvalue weighted by atomic mass is 35.5. The molecule has 136 valence electrons. The van der Waals surface area contributed by atoms with Crippen molar-refractivity contribution in [2.24, 2.45) is 0 Å². The highest BCUT2D eigenvalue weighted by Gasteiger charge is 2.31. The molecule has 0 radical (unpaired) electrons. The Kier molecular flexibility index (Phi) is 6.22. The lowest BCUT2D eigenvalue weighted by Crippen LogP contribution is -2.56. The van der Waals surface area contributed by atoms with Gasteiger partial charge in [0.25, 0.3) is 5.91 Å². The largest absolute Gasteiger partial charge is 0.353 e. The van der Waals surface area contributed by atoms with Crippen LogP contribution in [0.3, 0.4) is 0 Å². The molecular weight excluding hydrogens is 368 g/mol. The van der Waals surface area contributed by atoms with Crippen LogP contribution in [0.4, 0.5) is 0 Å². The van der Waals surface area contributed by atoms with Crippen molar-refractivity contribution in [2.45, 2.75) is 30.0 Å². The van der Waals surface area contributed by atoms with E-state index in [2.05, 4.69) is 5.32 Å². The molecular formula is C20H21ClN2O2S. The normalized spacial score (nSPS) is 17.1. The summed E-state index contributed by atoms with van der Waals surface area (Å²) in [5.74, 6) is 0.673. The molecule has 1 aliphatic heterocycles. The summed E-state index contributed by atoms with van der Waals surface area (Å²) in [7, 11) is 0. The van der Waals surface area contributed by atoms with Crippen LogP contribution in [0, 0.1) is 0 Å². The number of rotatable bonds is 5. The van der Waals surface area contributed by atoms with Crippen LogP contribution >= 0.6 is 23.4 Å². The van der Waals surface area contributed by atoms with Gasteiger partial charge in [-0.25, -0.2) is 0 Å². The fraction of sp³-hybridized carbons (Fsp3) is 0.300. The Morgan fingerprint density at radius 1 is 1.19 bits per heavy atom. The summed E-state index contributed by atoms with van der Waals surface area (Å²) in [6, 6.07) is 15.0. The van der Waals surface area contributed by atoms with E-state index in [-0.39, 0.29) is 17.9 Å². The van der Waals surface area contributed by atoms with Crippen LogP contribution < -0.4 is 5.32 Å². The Morgan fingerprint density at radius 3 is 2.54 bits per heavy atom. The molecule has 3 rings (SSSR count). The van der Waals surface area contributed by atoms with E-state index < -0.39 is 0 Å². The molecule has 2 aromatic carbocycles. The quantitative estimate of drug-likeness (QED) is 0.788. The van der Waals surface area contributed by atoms with E-state index in [9.17, 15) is 9.59 Å². The summed E-state index contributed by atoms with van der Waals surface area (Å²) in [6.45, 7) is 2.99. The van der Waals surface area contributed by atoms with Gasteiger partial charge in [-0.15, -0.1) is 11.8 Å². The standard InChI is InChI=1S/C20H21ClN2O2S/c1-2-18-19(24)22-11-12-23(18)20(25)15-5-3-14(4-6-15)13-26-17-9-7-16(21)8-10-17/h3-10,18H,2,11-13H2,1H3,(H,22,24). The molecule has 0 saturated carbocycles. The van der Waals surface area contributed by atoms with Crippen LogP contribution in [0.15, 0.2) is 53.4 Å². The van der Waals surface area contributed by atoms with Crippen LogP contribution in [0.1, 0.15) is 29.3 Å². The molecule has 2 aromatic rings. The highest BCUT2D eigenvalue weighted by molar-refractivity contribution is 7.98. The van der Waals surface area contributed by atoms with E-state index in [0.29, 0.717) is 25.1 Å². The van der Waals surface area contributed by atoms with E-state index in [0.717, 1.165) is 21.2 Å². The fourth-order valence-electron chi connectivity index (χ4n) is 2.97. The van der Waals surface area contributed by atoms with Crippen LogP contribution in [0.5, 0.6) is 0 Å². The average Bonchev–Trinajstić information content (AvgIpc) is 2.67. The zero-order valence-corrected chi connectivity index (χ0v) is 16.1. The summed E-state index contributed by atoms with van der Waals surface area (Å²) in [6.07, 6.45) is 0.618. The second-order valence-electron chi connectivity index (χ2n) is 6.15. The number of hydrogen-bond acceptors (Lipinski definition) is 3. The maximum atomic E-state index is 12.8. The van der Waals surface area contributed by atoms with E-state index in [4.69, 9.17) is 11.6 Å². The molecule has 0 aromatic heterocycles. The predicted molar refractivity (Wildman–Crippen MR) is 106 cm³/mol. The van der Waals surface area contributed by atoms with Gasteiger partial charge in [-0.2, -0.15) is 0 Å². The molecule has 4 nitrogen and oxygen atoms in total. The Balaban J connectivity index is 1.64. The first kappa shape index (κ1) is 18.8. The topological polar surface area (TPSA) is 49.4 Å². The molecule has 6 heteroatoms. The lowest BCUT2D eigenvalue weighted by molar-refractivity contribution is -0.127.